The monoisotopic (exact) mass is 229 g/mol. The Balaban J connectivity index is 1.81. The van der Waals surface area contributed by atoms with Crippen LogP contribution in [-0.4, -0.2) is 6.10 Å². The average Bonchev–Trinajstić information content (AvgIpc) is 2.99. The number of furan rings is 1. The van der Waals surface area contributed by atoms with Gasteiger partial charge in [-0.05, 0) is 42.7 Å². The third-order valence-electron chi connectivity index (χ3n) is 2.89. The number of benzene rings is 1. The van der Waals surface area contributed by atoms with Crippen LogP contribution in [0.5, 0.6) is 5.75 Å². The molecule has 1 saturated carbocycles. The van der Waals surface area contributed by atoms with Crippen molar-refractivity contribution in [1.29, 1.82) is 0 Å². The number of ether oxygens (including phenoxy) is 1. The van der Waals surface area contributed by atoms with Crippen LogP contribution in [0.4, 0.5) is 0 Å². The summed E-state index contributed by atoms with van der Waals surface area (Å²) in [4.78, 5) is 0. The summed E-state index contributed by atoms with van der Waals surface area (Å²) in [6, 6.07) is 11.4. The first-order chi connectivity index (χ1) is 8.33. The summed E-state index contributed by atoms with van der Waals surface area (Å²) in [6.07, 6.45) is 4.37. The minimum absolute atomic E-state index is 0.229. The molecule has 17 heavy (non-hydrogen) atoms. The van der Waals surface area contributed by atoms with Gasteiger partial charge in [0.15, 0.2) is 0 Å². The van der Waals surface area contributed by atoms with Crippen LogP contribution >= 0.6 is 0 Å². The second-order valence-electron chi connectivity index (χ2n) is 4.38. The minimum atomic E-state index is -0.229. The van der Waals surface area contributed by atoms with Gasteiger partial charge in [0.25, 0.3) is 0 Å². The number of nitrogens with two attached hydrogens (primary N) is 1. The molecule has 1 aromatic heterocycles. The number of hydrogen-bond acceptors (Lipinski definition) is 3. The molecule has 2 N–H and O–H groups in total. The normalized spacial score (nSPS) is 16.8. The molecule has 3 heteroatoms. The fourth-order valence-corrected chi connectivity index (χ4v) is 1.79. The summed E-state index contributed by atoms with van der Waals surface area (Å²) in [5, 5.41) is 0. The molecule has 0 radical (unpaired) electrons. The second kappa shape index (κ2) is 4.26. The van der Waals surface area contributed by atoms with E-state index in [1.165, 1.54) is 0 Å². The fraction of sp³-hybridized carbons (Fsp3) is 0.286. The molecule has 1 aliphatic rings. The highest BCUT2D eigenvalue weighted by Gasteiger charge is 2.23. The Bertz CT molecular complexity index is 489. The molecule has 1 aromatic carbocycles. The van der Waals surface area contributed by atoms with E-state index < -0.39 is 0 Å². The smallest absolute Gasteiger partial charge is 0.124 e. The first-order valence-corrected chi connectivity index (χ1v) is 5.88. The van der Waals surface area contributed by atoms with Gasteiger partial charge in [-0.15, -0.1) is 0 Å². The summed E-state index contributed by atoms with van der Waals surface area (Å²) in [5.41, 5.74) is 7.14. The Labute approximate surface area is 100 Å². The van der Waals surface area contributed by atoms with Crippen molar-refractivity contribution in [2.24, 2.45) is 5.73 Å². The zero-order valence-corrected chi connectivity index (χ0v) is 9.50. The largest absolute Gasteiger partial charge is 0.490 e. The van der Waals surface area contributed by atoms with E-state index in [2.05, 4.69) is 0 Å². The van der Waals surface area contributed by atoms with E-state index in [1.807, 2.05) is 36.4 Å². The van der Waals surface area contributed by atoms with Gasteiger partial charge in [-0.2, -0.15) is 0 Å². The van der Waals surface area contributed by atoms with Crippen molar-refractivity contribution >= 4 is 0 Å². The summed E-state index contributed by atoms with van der Waals surface area (Å²) in [5.74, 6) is 1.67. The Hall–Kier alpha value is -1.74. The third-order valence-corrected chi connectivity index (χ3v) is 2.89. The van der Waals surface area contributed by atoms with E-state index in [0.29, 0.717) is 6.10 Å². The second-order valence-corrected chi connectivity index (χ2v) is 4.38. The van der Waals surface area contributed by atoms with E-state index >= 15 is 0 Å². The lowest BCUT2D eigenvalue weighted by Gasteiger charge is -2.11. The van der Waals surface area contributed by atoms with Crippen LogP contribution in [0.25, 0.3) is 0 Å². The van der Waals surface area contributed by atoms with E-state index in [-0.39, 0.29) is 6.04 Å². The van der Waals surface area contributed by atoms with E-state index in [4.69, 9.17) is 14.9 Å². The minimum Gasteiger partial charge on any atom is -0.490 e. The van der Waals surface area contributed by atoms with Gasteiger partial charge in [0, 0.05) is 0 Å². The van der Waals surface area contributed by atoms with Gasteiger partial charge in [0.05, 0.1) is 18.4 Å². The lowest BCUT2D eigenvalue weighted by atomic mass is 10.1. The van der Waals surface area contributed by atoms with Crippen molar-refractivity contribution in [1.82, 2.24) is 0 Å². The number of rotatable bonds is 4. The summed E-state index contributed by atoms with van der Waals surface area (Å²) < 4.78 is 11.1. The van der Waals surface area contributed by atoms with Gasteiger partial charge in [-0.3, -0.25) is 0 Å². The first kappa shape index (κ1) is 10.4. The quantitative estimate of drug-likeness (QED) is 0.877. The van der Waals surface area contributed by atoms with Crippen LogP contribution in [0.1, 0.15) is 30.2 Å². The summed E-state index contributed by atoms with van der Waals surface area (Å²) in [6.45, 7) is 0. The molecule has 3 rings (SSSR count). The molecule has 1 fully saturated rings. The highest BCUT2D eigenvalue weighted by atomic mass is 16.5. The van der Waals surface area contributed by atoms with Crippen LogP contribution in [0.3, 0.4) is 0 Å². The van der Waals surface area contributed by atoms with Gasteiger partial charge in [-0.25, -0.2) is 0 Å². The Morgan fingerprint density at radius 1 is 1.24 bits per heavy atom. The average molecular weight is 229 g/mol. The zero-order valence-electron chi connectivity index (χ0n) is 9.50. The van der Waals surface area contributed by atoms with Crippen LogP contribution in [0.2, 0.25) is 0 Å². The van der Waals surface area contributed by atoms with Crippen molar-refractivity contribution in [3.63, 3.8) is 0 Å². The van der Waals surface area contributed by atoms with Crippen LogP contribution in [0.15, 0.2) is 47.1 Å². The van der Waals surface area contributed by atoms with Gasteiger partial charge in [-0.1, -0.05) is 12.1 Å². The van der Waals surface area contributed by atoms with E-state index in [0.717, 1.165) is 29.9 Å². The highest BCUT2D eigenvalue weighted by Crippen LogP contribution is 2.29. The third kappa shape index (κ3) is 2.34. The molecule has 1 aliphatic carbocycles. The molecule has 0 amide bonds. The molecular weight excluding hydrogens is 214 g/mol. The fourth-order valence-electron chi connectivity index (χ4n) is 1.79. The topological polar surface area (TPSA) is 48.4 Å². The molecule has 0 aliphatic heterocycles. The SMILES string of the molecule is NC(c1cccc(OC2CC2)c1)c1ccco1. The summed E-state index contributed by atoms with van der Waals surface area (Å²) in [7, 11) is 0. The van der Waals surface area contributed by atoms with Crippen LogP contribution in [0, 0.1) is 0 Å². The Morgan fingerprint density at radius 2 is 2.12 bits per heavy atom. The standard InChI is InChI=1S/C14H15NO2/c15-14(13-5-2-8-16-13)10-3-1-4-12(9-10)17-11-6-7-11/h1-5,8-9,11,14H,6-7,15H2. The molecule has 1 heterocycles. The predicted molar refractivity (Wildman–Crippen MR) is 64.8 cm³/mol. The zero-order chi connectivity index (χ0) is 11.7. The van der Waals surface area contributed by atoms with Crippen molar-refractivity contribution in [2.45, 2.75) is 25.0 Å². The molecule has 1 atom stereocenters. The maximum Gasteiger partial charge on any atom is 0.124 e. The van der Waals surface area contributed by atoms with E-state index in [9.17, 15) is 0 Å². The molecule has 0 spiro atoms. The Morgan fingerprint density at radius 3 is 2.82 bits per heavy atom. The van der Waals surface area contributed by atoms with Gasteiger partial charge in [0.2, 0.25) is 0 Å². The van der Waals surface area contributed by atoms with Crippen LogP contribution < -0.4 is 10.5 Å². The van der Waals surface area contributed by atoms with Gasteiger partial charge in [0.1, 0.15) is 11.5 Å². The molecule has 1 unspecified atom stereocenters. The molecule has 2 aromatic rings. The summed E-state index contributed by atoms with van der Waals surface area (Å²) >= 11 is 0. The van der Waals surface area contributed by atoms with Crippen molar-refractivity contribution in [3.05, 3.63) is 54.0 Å². The lowest BCUT2D eigenvalue weighted by molar-refractivity contribution is 0.302. The Kier molecular flexibility index (Phi) is 2.61. The highest BCUT2D eigenvalue weighted by molar-refractivity contribution is 5.34. The van der Waals surface area contributed by atoms with Gasteiger partial charge < -0.3 is 14.9 Å². The molecular formula is C14H15NO2. The molecule has 0 saturated heterocycles. The van der Waals surface area contributed by atoms with Crippen LogP contribution in [-0.2, 0) is 0 Å². The van der Waals surface area contributed by atoms with E-state index in [1.54, 1.807) is 6.26 Å². The molecule has 88 valence electrons. The number of hydrogen-bond donors (Lipinski definition) is 1. The van der Waals surface area contributed by atoms with Crippen molar-refractivity contribution in [2.75, 3.05) is 0 Å². The molecule has 0 bridgehead atoms. The van der Waals surface area contributed by atoms with Gasteiger partial charge >= 0.3 is 0 Å². The maximum absolute atomic E-state index is 6.13. The maximum atomic E-state index is 6.13. The van der Waals surface area contributed by atoms with Crippen molar-refractivity contribution < 1.29 is 9.15 Å². The lowest BCUT2D eigenvalue weighted by Crippen LogP contribution is -2.11. The van der Waals surface area contributed by atoms with Crippen molar-refractivity contribution in [3.8, 4) is 5.75 Å². The predicted octanol–water partition coefficient (Wildman–Crippen LogP) is 2.87. The first-order valence-electron chi connectivity index (χ1n) is 5.88. The molecule has 3 nitrogen and oxygen atoms in total.